The van der Waals surface area contributed by atoms with Crippen LogP contribution < -0.4 is 5.32 Å². The molecule has 3 aromatic rings. The van der Waals surface area contributed by atoms with Gasteiger partial charge >= 0.3 is 0 Å². The number of rotatable bonds is 3. The lowest BCUT2D eigenvalue weighted by Crippen LogP contribution is -2.04. The van der Waals surface area contributed by atoms with Crippen molar-refractivity contribution in [1.82, 2.24) is 14.2 Å². The van der Waals surface area contributed by atoms with Gasteiger partial charge in [-0.15, -0.1) is 5.10 Å². The van der Waals surface area contributed by atoms with Crippen molar-refractivity contribution in [3.8, 4) is 0 Å². The molecule has 0 aliphatic heterocycles. The van der Waals surface area contributed by atoms with Crippen molar-refractivity contribution in [2.75, 3.05) is 5.32 Å². The summed E-state index contributed by atoms with van der Waals surface area (Å²) in [6, 6.07) is 8.48. The van der Waals surface area contributed by atoms with Crippen molar-refractivity contribution < 1.29 is 0 Å². The number of nitrogens with one attached hydrogen (secondary N) is 1. The van der Waals surface area contributed by atoms with E-state index in [2.05, 4.69) is 57.7 Å². The summed E-state index contributed by atoms with van der Waals surface area (Å²) in [7, 11) is 2.11. The normalized spacial score (nSPS) is 11.0. The van der Waals surface area contributed by atoms with Gasteiger partial charge in [-0.1, -0.05) is 22.7 Å². The summed E-state index contributed by atoms with van der Waals surface area (Å²) in [5.74, 6) is 0. The predicted octanol–water partition coefficient (Wildman–Crippen LogP) is 2.95. The molecule has 92 valence electrons. The molecule has 1 N–H and O–H groups in total. The Morgan fingerprint density at radius 1 is 1.33 bits per heavy atom. The van der Waals surface area contributed by atoms with Crippen molar-refractivity contribution in [2.45, 2.75) is 13.5 Å². The third-order valence-corrected chi connectivity index (χ3v) is 3.92. The van der Waals surface area contributed by atoms with Crippen molar-refractivity contribution in [3.63, 3.8) is 0 Å². The monoisotopic (exact) mass is 258 g/mol. The van der Waals surface area contributed by atoms with E-state index in [1.54, 1.807) is 6.20 Å². The van der Waals surface area contributed by atoms with E-state index >= 15 is 0 Å². The summed E-state index contributed by atoms with van der Waals surface area (Å²) in [6.45, 7) is 2.96. The summed E-state index contributed by atoms with van der Waals surface area (Å²) < 4.78 is 6.09. The molecule has 0 bridgehead atoms. The molecule has 0 radical (unpaired) electrons. The molecule has 0 spiro atoms. The number of benzene rings is 1. The number of aromatic nitrogens is 3. The van der Waals surface area contributed by atoms with Crippen molar-refractivity contribution in [2.24, 2.45) is 7.05 Å². The smallest absolute Gasteiger partial charge is 0.130 e. The van der Waals surface area contributed by atoms with Crippen LogP contribution in [0.25, 0.3) is 10.9 Å². The molecule has 0 atom stereocenters. The average Bonchev–Trinajstić information content (AvgIpc) is 2.98. The van der Waals surface area contributed by atoms with Crippen LogP contribution in [0.15, 0.2) is 30.5 Å². The summed E-state index contributed by atoms with van der Waals surface area (Å²) in [5, 5.41) is 9.50. The van der Waals surface area contributed by atoms with Crippen molar-refractivity contribution in [3.05, 3.63) is 41.7 Å². The van der Waals surface area contributed by atoms with Crippen LogP contribution in [0.1, 0.15) is 11.3 Å². The van der Waals surface area contributed by atoms with Crippen LogP contribution in [0.3, 0.4) is 0 Å². The summed E-state index contributed by atoms with van der Waals surface area (Å²) in [5.41, 5.74) is 3.90. The number of nitrogens with zero attached hydrogens (tertiary/aromatic N) is 3. The largest absolute Gasteiger partial charge is 0.369 e. The van der Waals surface area contributed by atoms with Gasteiger partial charge in [0.15, 0.2) is 0 Å². The molecule has 0 aliphatic rings. The molecule has 18 heavy (non-hydrogen) atoms. The first-order chi connectivity index (χ1) is 8.77. The van der Waals surface area contributed by atoms with E-state index in [-0.39, 0.29) is 0 Å². The Bertz CT molecular complexity index is 631. The van der Waals surface area contributed by atoms with Crippen LogP contribution in [0.2, 0.25) is 0 Å². The fraction of sp³-hybridized carbons (Fsp3) is 0.231. The lowest BCUT2D eigenvalue weighted by molar-refractivity contribution is 0.863. The van der Waals surface area contributed by atoms with Gasteiger partial charge < -0.3 is 9.88 Å². The number of fused-ring (bicyclic) bond motifs is 1. The van der Waals surface area contributed by atoms with Gasteiger partial charge in [0.25, 0.3) is 0 Å². The quantitative estimate of drug-likeness (QED) is 0.785. The molecule has 0 unspecified atom stereocenters. The lowest BCUT2D eigenvalue weighted by atomic mass is 10.1. The highest BCUT2D eigenvalue weighted by molar-refractivity contribution is 7.09. The molecular formula is C13H14N4S. The van der Waals surface area contributed by atoms with Crippen LogP contribution in [0.5, 0.6) is 0 Å². The molecule has 0 aliphatic carbocycles. The first-order valence-electron chi connectivity index (χ1n) is 5.81. The molecular weight excluding hydrogens is 244 g/mol. The molecule has 0 fully saturated rings. The first-order valence-corrected chi connectivity index (χ1v) is 6.59. The molecule has 0 saturated carbocycles. The number of aryl methyl sites for hydroxylation is 2. The topological polar surface area (TPSA) is 42.7 Å². The number of para-hydroxylation sites is 1. The second kappa shape index (κ2) is 4.42. The van der Waals surface area contributed by atoms with E-state index in [0.29, 0.717) is 0 Å². The Morgan fingerprint density at radius 3 is 2.89 bits per heavy atom. The van der Waals surface area contributed by atoms with Crippen molar-refractivity contribution in [1.29, 1.82) is 0 Å². The Labute approximate surface area is 109 Å². The highest BCUT2D eigenvalue weighted by Gasteiger charge is 2.10. The fourth-order valence-electron chi connectivity index (χ4n) is 2.30. The van der Waals surface area contributed by atoms with E-state index in [0.717, 1.165) is 11.5 Å². The average molecular weight is 258 g/mol. The zero-order valence-electron chi connectivity index (χ0n) is 10.3. The fourth-order valence-corrected chi connectivity index (χ4v) is 2.72. The van der Waals surface area contributed by atoms with Gasteiger partial charge in [-0.3, -0.25) is 0 Å². The van der Waals surface area contributed by atoms with Crippen LogP contribution in [-0.4, -0.2) is 14.2 Å². The van der Waals surface area contributed by atoms with Crippen LogP contribution in [-0.2, 0) is 13.6 Å². The Morgan fingerprint density at radius 2 is 2.17 bits per heavy atom. The molecule has 2 heterocycles. The van der Waals surface area contributed by atoms with Crippen LogP contribution in [0, 0.1) is 6.92 Å². The van der Waals surface area contributed by atoms with E-state index < -0.39 is 0 Å². The van der Waals surface area contributed by atoms with Gasteiger partial charge in [-0.25, -0.2) is 0 Å². The van der Waals surface area contributed by atoms with E-state index in [9.17, 15) is 0 Å². The van der Waals surface area contributed by atoms with Gasteiger partial charge in [-0.2, -0.15) is 0 Å². The molecule has 2 aromatic heterocycles. The van der Waals surface area contributed by atoms with Gasteiger partial charge in [0.05, 0.1) is 12.7 Å². The maximum absolute atomic E-state index is 3.84. The molecule has 0 amide bonds. The summed E-state index contributed by atoms with van der Waals surface area (Å²) in [6.07, 6.45) is 1.75. The zero-order chi connectivity index (χ0) is 12.5. The van der Waals surface area contributed by atoms with Gasteiger partial charge in [0, 0.05) is 35.2 Å². The van der Waals surface area contributed by atoms with Gasteiger partial charge in [-0.05, 0) is 18.6 Å². The second-order valence-corrected chi connectivity index (χ2v) is 5.07. The maximum atomic E-state index is 3.84. The standard InChI is InChI=1S/C13H14N4S/c1-9-10-5-3-4-6-11(10)17(2)12(9)7-14-13-8-15-16-18-13/h3-6,8,14H,7H2,1-2H3. The third-order valence-electron chi connectivity index (χ3n) is 3.30. The number of hydrogen-bond acceptors (Lipinski definition) is 4. The van der Waals surface area contributed by atoms with Crippen molar-refractivity contribution >= 4 is 27.4 Å². The molecule has 5 heteroatoms. The Kier molecular flexibility index (Phi) is 2.76. The lowest BCUT2D eigenvalue weighted by Gasteiger charge is -2.06. The number of hydrogen-bond donors (Lipinski definition) is 1. The predicted molar refractivity (Wildman–Crippen MR) is 74.9 cm³/mol. The van der Waals surface area contributed by atoms with Crippen LogP contribution in [0.4, 0.5) is 5.00 Å². The number of anilines is 1. The third kappa shape index (κ3) is 1.76. The minimum absolute atomic E-state index is 0.793. The minimum Gasteiger partial charge on any atom is -0.369 e. The Hall–Kier alpha value is -1.88. The summed E-state index contributed by atoms with van der Waals surface area (Å²) >= 11 is 1.38. The van der Waals surface area contributed by atoms with Gasteiger partial charge in [0.2, 0.25) is 0 Å². The molecule has 4 nitrogen and oxygen atoms in total. The van der Waals surface area contributed by atoms with E-state index in [1.807, 2.05) is 0 Å². The molecule has 0 saturated heterocycles. The molecule has 3 rings (SSSR count). The highest BCUT2D eigenvalue weighted by atomic mass is 32.1. The zero-order valence-corrected chi connectivity index (χ0v) is 11.2. The minimum atomic E-state index is 0.793. The van der Waals surface area contributed by atoms with Gasteiger partial charge in [0.1, 0.15) is 5.00 Å². The Balaban J connectivity index is 1.96. The maximum Gasteiger partial charge on any atom is 0.130 e. The van der Waals surface area contributed by atoms with E-state index in [4.69, 9.17) is 0 Å². The SMILES string of the molecule is Cc1c(CNc2cnns2)n(C)c2ccccc12. The van der Waals surface area contributed by atoms with Crippen LogP contribution >= 0.6 is 11.5 Å². The van der Waals surface area contributed by atoms with E-state index in [1.165, 1.54) is 33.7 Å². The molecule has 1 aromatic carbocycles. The summed E-state index contributed by atoms with van der Waals surface area (Å²) in [4.78, 5) is 0. The second-order valence-electron chi connectivity index (χ2n) is 4.28. The highest BCUT2D eigenvalue weighted by Crippen LogP contribution is 2.25. The first kappa shape index (κ1) is 11.2.